The Morgan fingerprint density at radius 3 is 2.71 bits per heavy atom. The summed E-state index contributed by atoms with van der Waals surface area (Å²) in [6.45, 7) is 2.01. The predicted molar refractivity (Wildman–Crippen MR) is 63.5 cm³/mol. The summed E-state index contributed by atoms with van der Waals surface area (Å²) in [6.07, 6.45) is 1.05. The van der Waals surface area contributed by atoms with Crippen LogP contribution in [0.5, 0.6) is 0 Å². The Bertz CT molecular complexity index is 465. The van der Waals surface area contributed by atoms with Crippen LogP contribution in [0.1, 0.15) is 12.0 Å². The van der Waals surface area contributed by atoms with Gasteiger partial charge >= 0.3 is 0 Å². The molecule has 0 aliphatic carbocycles. The van der Waals surface area contributed by atoms with Crippen LogP contribution in [0.4, 0.5) is 5.69 Å². The summed E-state index contributed by atoms with van der Waals surface area (Å²) in [4.78, 5) is 0. The van der Waals surface area contributed by atoms with Gasteiger partial charge in [0.1, 0.15) is 0 Å². The lowest BCUT2D eigenvalue weighted by molar-refractivity contribution is 0.663. The van der Waals surface area contributed by atoms with Crippen LogP contribution in [0.2, 0.25) is 0 Å². The van der Waals surface area contributed by atoms with E-state index in [1.54, 1.807) is 0 Å². The number of benzene rings is 1. The summed E-state index contributed by atoms with van der Waals surface area (Å²) in [5.74, 6) is 1.51. The Labute approximate surface area is 93.0 Å². The van der Waals surface area contributed by atoms with Crippen molar-refractivity contribution >= 4 is 31.3 Å². The molecule has 1 aromatic rings. The van der Waals surface area contributed by atoms with E-state index >= 15 is 0 Å². The van der Waals surface area contributed by atoms with Gasteiger partial charge in [0.15, 0.2) is 0 Å². The smallest absolute Gasteiger partial charge is 0.0874 e. The number of hydrogen-bond donors (Lipinski definition) is 0. The maximum absolute atomic E-state index is 11.9. The predicted octanol–water partition coefficient (Wildman–Crippen LogP) is 3.26. The highest BCUT2D eigenvalue weighted by Gasteiger charge is 2.19. The average Bonchev–Trinajstić information content (AvgIpc) is 2.09. The minimum atomic E-state index is -1.89. The maximum atomic E-state index is 11.9. The van der Waals surface area contributed by atoms with E-state index in [9.17, 15) is 4.21 Å². The Balaban J connectivity index is 2.47. The van der Waals surface area contributed by atoms with E-state index in [1.165, 1.54) is 0 Å². The van der Waals surface area contributed by atoms with Gasteiger partial charge in [-0.2, -0.15) is 4.36 Å². The third-order valence-electron chi connectivity index (χ3n) is 2.29. The van der Waals surface area contributed by atoms with Crippen molar-refractivity contribution in [1.29, 1.82) is 0 Å². The van der Waals surface area contributed by atoms with Crippen LogP contribution in [0.3, 0.4) is 0 Å². The minimum absolute atomic E-state index is 0.757. The van der Waals surface area contributed by atoms with E-state index in [0.717, 1.165) is 33.7 Å². The third kappa shape index (κ3) is 2.01. The highest BCUT2D eigenvalue weighted by atomic mass is 79.9. The summed E-state index contributed by atoms with van der Waals surface area (Å²) in [5.41, 5.74) is 1.98. The first-order valence-electron chi connectivity index (χ1n) is 4.58. The van der Waals surface area contributed by atoms with Gasteiger partial charge in [-0.05, 0) is 47.0 Å². The minimum Gasteiger partial charge on any atom is -0.249 e. The molecule has 0 radical (unpaired) electrons. The van der Waals surface area contributed by atoms with Crippen LogP contribution in [-0.2, 0) is 9.73 Å². The molecule has 1 saturated heterocycles. The fourth-order valence-electron chi connectivity index (χ4n) is 1.35. The zero-order valence-corrected chi connectivity index (χ0v) is 10.4. The van der Waals surface area contributed by atoms with Crippen LogP contribution in [-0.4, -0.2) is 15.7 Å². The van der Waals surface area contributed by atoms with Crippen LogP contribution in [0.25, 0.3) is 0 Å². The molecule has 2 nitrogen and oxygen atoms in total. The van der Waals surface area contributed by atoms with Crippen molar-refractivity contribution in [2.45, 2.75) is 13.3 Å². The topological polar surface area (TPSA) is 29.4 Å². The Morgan fingerprint density at radius 2 is 2.14 bits per heavy atom. The molecule has 0 N–H and O–H groups in total. The molecular weight excluding hydrogens is 262 g/mol. The van der Waals surface area contributed by atoms with Gasteiger partial charge in [-0.25, -0.2) is 4.21 Å². The van der Waals surface area contributed by atoms with Gasteiger partial charge in [0, 0.05) is 16.0 Å². The van der Waals surface area contributed by atoms with Gasteiger partial charge in [-0.3, -0.25) is 0 Å². The molecule has 1 aromatic carbocycles. The van der Waals surface area contributed by atoms with Gasteiger partial charge in [0.25, 0.3) is 0 Å². The SMILES string of the molecule is Cc1ccc(Br)c(N=S2(=O)CCC2)c1. The molecular formula is C10H12BrNOS. The molecule has 4 heteroatoms. The van der Waals surface area contributed by atoms with E-state index in [4.69, 9.17) is 0 Å². The van der Waals surface area contributed by atoms with Crippen molar-refractivity contribution in [3.63, 3.8) is 0 Å². The summed E-state index contributed by atoms with van der Waals surface area (Å²) in [5, 5.41) is 0. The second-order valence-electron chi connectivity index (χ2n) is 3.58. The molecule has 1 aliphatic rings. The quantitative estimate of drug-likeness (QED) is 0.772. The summed E-state index contributed by atoms with van der Waals surface area (Å²) >= 11 is 3.42. The summed E-state index contributed by atoms with van der Waals surface area (Å²) < 4.78 is 17.2. The zero-order valence-electron chi connectivity index (χ0n) is 8.00. The molecule has 0 aromatic heterocycles. The van der Waals surface area contributed by atoms with Crippen LogP contribution < -0.4 is 0 Å². The van der Waals surface area contributed by atoms with Crippen LogP contribution in [0, 0.1) is 6.92 Å². The number of nitrogens with zero attached hydrogens (tertiary/aromatic N) is 1. The normalized spacial score (nSPS) is 18.7. The lowest BCUT2D eigenvalue weighted by Crippen LogP contribution is -2.22. The van der Waals surface area contributed by atoms with E-state index in [1.807, 2.05) is 25.1 Å². The van der Waals surface area contributed by atoms with Crippen molar-refractivity contribution in [2.75, 3.05) is 11.5 Å². The Kier molecular flexibility index (Phi) is 2.66. The summed E-state index contributed by atoms with van der Waals surface area (Å²) in [7, 11) is -1.89. The lowest BCUT2D eigenvalue weighted by Gasteiger charge is -2.18. The fraction of sp³-hybridized carbons (Fsp3) is 0.400. The molecule has 76 valence electrons. The van der Waals surface area contributed by atoms with Crippen molar-refractivity contribution in [1.82, 2.24) is 0 Å². The van der Waals surface area contributed by atoms with Crippen molar-refractivity contribution in [2.24, 2.45) is 4.36 Å². The molecule has 0 amide bonds. The van der Waals surface area contributed by atoms with Gasteiger partial charge in [0.2, 0.25) is 0 Å². The van der Waals surface area contributed by atoms with Gasteiger partial charge in [0.05, 0.1) is 15.4 Å². The first kappa shape index (κ1) is 10.2. The molecule has 0 atom stereocenters. The third-order valence-corrected chi connectivity index (χ3v) is 5.35. The first-order chi connectivity index (χ1) is 6.59. The molecule has 0 unspecified atom stereocenters. The first-order valence-corrected chi connectivity index (χ1v) is 7.22. The molecule has 1 heterocycles. The average molecular weight is 274 g/mol. The zero-order chi connectivity index (χ0) is 10.2. The number of hydrogen-bond acceptors (Lipinski definition) is 2. The molecule has 0 spiro atoms. The van der Waals surface area contributed by atoms with E-state index in [2.05, 4.69) is 20.3 Å². The van der Waals surface area contributed by atoms with Crippen molar-refractivity contribution in [3.05, 3.63) is 28.2 Å². The number of aryl methyl sites for hydroxylation is 1. The van der Waals surface area contributed by atoms with Gasteiger partial charge in [-0.1, -0.05) is 6.07 Å². The fourth-order valence-corrected chi connectivity index (χ4v) is 3.28. The van der Waals surface area contributed by atoms with Gasteiger partial charge < -0.3 is 0 Å². The summed E-state index contributed by atoms with van der Waals surface area (Å²) in [6, 6.07) is 5.93. The molecule has 14 heavy (non-hydrogen) atoms. The molecule has 1 fully saturated rings. The molecule has 1 aliphatic heterocycles. The molecule has 2 rings (SSSR count). The van der Waals surface area contributed by atoms with Crippen molar-refractivity contribution in [3.8, 4) is 0 Å². The van der Waals surface area contributed by atoms with Crippen LogP contribution >= 0.6 is 15.9 Å². The highest BCUT2D eigenvalue weighted by Crippen LogP contribution is 2.29. The lowest BCUT2D eigenvalue weighted by atomic mass is 10.2. The molecule has 0 saturated carbocycles. The largest absolute Gasteiger partial charge is 0.249 e. The van der Waals surface area contributed by atoms with Gasteiger partial charge in [-0.15, -0.1) is 0 Å². The van der Waals surface area contributed by atoms with E-state index in [-0.39, 0.29) is 0 Å². The Hall–Kier alpha value is -0.350. The number of halogens is 1. The second-order valence-corrected chi connectivity index (χ2v) is 6.98. The van der Waals surface area contributed by atoms with Crippen LogP contribution in [0.15, 0.2) is 27.0 Å². The van der Waals surface area contributed by atoms with Crippen molar-refractivity contribution < 1.29 is 4.21 Å². The van der Waals surface area contributed by atoms with E-state index < -0.39 is 9.73 Å². The standard InChI is InChI=1S/C10H12BrNOS/c1-8-3-4-9(11)10(7-8)12-14(13)5-2-6-14/h3-4,7H,2,5-6H2,1H3. The Morgan fingerprint density at radius 1 is 1.43 bits per heavy atom. The monoisotopic (exact) mass is 273 g/mol. The molecule has 0 bridgehead atoms. The maximum Gasteiger partial charge on any atom is 0.0874 e. The number of rotatable bonds is 1. The van der Waals surface area contributed by atoms with E-state index in [0.29, 0.717) is 0 Å². The highest BCUT2D eigenvalue weighted by molar-refractivity contribution is 9.10. The second kappa shape index (κ2) is 3.66.